The first-order chi connectivity index (χ1) is 0. The molecule has 0 rings (SSSR count). The van der Waals surface area contributed by atoms with Crippen LogP contribution in [0.15, 0.2) is 0 Å². The van der Waals surface area contributed by atoms with Crippen LogP contribution < -0.4 is 6.15 Å². The van der Waals surface area contributed by atoms with E-state index in [1.165, 1.54) is 0 Å². The quantitative estimate of drug-likeness (QED) is 0.484. The molecule has 6 heavy (non-hydrogen) atoms. The first kappa shape index (κ1) is 53.1. The van der Waals surface area contributed by atoms with E-state index >= 15 is 0 Å². The zero-order chi connectivity index (χ0) is 0. The first-order valence-corrected chi connectivity index (χ1v) is 0. The van der Waals surface area contributed by atoms with Crippen LogP contribution in [0.3, 0.4) is 0 Å². The Kier molecular flexibility index (Phi) is 330. The van der Waals surface area contributed by atoms with E-state index in [1.54, 1.807) is 0 Å². The topological polar surface area (TPSA) is 35.0 Å². The number of hydrogen-bond donors (Lipinski definition) is 1. The summed E-state index contributed by atoms with van der Waals surface area (Å²) in [6.45, 7) is 0. The molecule has 0 aromatic heterocycles. The summed E-state index contributed by atoms with van der Waals surface area (Å²) in [7, 11) is 0. The van der Waals surface area contributed by atoms with Crippen LogP contribution in [0.4, 0.5) is 0 Å². The summed E-state index contributed by atoms with van der Waals surface area (Å²) in [6, 6.07) is 0. The van der Waals surface area contributed by atoms with Crippen molar-refractivity contribution in [2.75, 3.05) is 0 Å². The van der Waals surface area contributed by atoms with Gasteiger partial charge >= 0.3 is 0 Å². The molecule has 0 atom stereocenters. The Morgan fingerprint density at radius 2 is 0.833 bits per heavy atom. The monoisotopic (exact) mass is 437 g/mol. The molecular formula is H6BFe2NNdSm. The summed E-state index contributed by atoms with van der Waals surface area (Å²) in [5.74, 6) is 0. The molecule has 0 aliphatic carbocycles. The van der Waals surface area contributed by atoms with Crippen LogP contribution in [-0.2, 0) is 34.1 Å². The molecule has 0 saturated heterocycles. The van der Waals surface area contributed by atoms with Crippen molar-refractivity contribution in [3.63, 3.8) is 0 Å². The van der Waals surface area contributed by atoms with Gasteiger partial charge in [0.2, 0.25) is 0 Å². The van der Waals surface area contributed by atoms with Crippen molar-refractivity contribution in [3.05, 3.63) is 0 Å². The van der Waals surface area contributed by atoms with Crippen molar-refractivity contribution < 1.29 is 115 Å². The van der Waals surface area contributed by atoms with Crippen molar-refractivity contribution >= 4 is 8.41 Å². The van der Waals surface area contributed by atoms with Crippen LogP contribution in [0, 0.1) is 81.2 Å². The van der Waals surface area contributed by atoms with Crippen molar-refractivity contribution in [2.45, 2.75) is 0 Å². The average Bonchev–Trinajstić information content (AvgIpc) is 0. The second-order valence-corrected chi connectivity index (χ2v) is 0. The molecule has 0 amide bonds. The van der Waals surface area contributed by atoms with Gasteiger partial charge in [-0.15, -0.1) is 0 Å². The Bertz CT molecular complexity index is 13.5. The standard InChI is InChI=1S/BH3.2Fe.H3N.Nd.Sm/h1H3;;;1H3;;. The van der Waals surface area contributed by atoms with E-state index in [1.807, 2.05) is 0 Å². The molecule has 0 unspecified atom stereocenters. The Labute approximate surface area is 127 Å². The molecule has 1 nitrogen and oxygen atoms in total. The molecule has 0 heterocycles. The fourth-order valence-corrected chi connectivity index (χ4v) is 0. The van der Waals surface area contributed by atoms with Gasteiger partial charge in [-0.2, -0.15) is 0 Å². The minimum Gasteiger partial charge on any atom is -0.344 e. The maximum Gasteiger partial charge on any atom is 0.0814 e. The third-order valence-corrected chi connectivity index (χ3v) is 0. The molecule has 0 saturated carbocycles. The Balaban J connectivity index is 0. The van der Waals surface area contributed by atoms with Gasteiger partial charge in [0.05, 0.1) is 8.41 Å². The Morgan fingerprint density at radius 1 is 0.833 bits per heavy atom. The van der Waals surface area contributed by atoms with Crippen LogP contribution in [-0.4, -0.2) is 8.41 Å². The fourth-order valence-electron chi connectivity index (χ4n) is 0. The summed E-state index contributed by atoms with van der Waals surface area (Å²) < 4.78 is 0. The largest absolute Gasteiger partial charge is 0.344 e. The zero-order valence-electron chi connectivity index (χ0n) is 2.32. The van der Waals surface area contributed by atoms with E-state index in [9.17, 15) is 0 Å². The second kappa shape index (κ2) is 37.4. The van der Waals surface area contributed by atoms with Gasteiger partial charge < -0.3 is 6.15 Å². The average molecular weight is 437 g/mol. The normalized spacial score (nSPS) is 0. The number of hydrogen-bond acceptors (Lipinski definition) is 1. The number of rotatable bonds is 0. The molecule has 6 heteroatoms. The zero-order valence-corrected chi connectivity index (χ0v) is 10.4. The molecule has 0 aliphatic heterocycles. The third-order valence-electron chi connectivity index (χ3n) is 0. The molecule has 0 aromatic rings. The van der Waals surface area contributed by atoms with Crippen molar-refractivity contribution in [1.29, 1.82) is 0 Å². The van der Waals surface area contributed by atoms with Crippen LogP contribution >= 0.6 is 0 Å². The van der Waals surface area contributed by atoms with Crippen LogP contribution in [0.5, 0.6) is 0 Å². The van der Waals surface area contributed by atoms with Crippen LogP contribution in [0.2, 0.25) is 0 Å². The molecule has 0 bridgehead atoms. The summed E-state index contributed by atoms with van der Waals surface area (Å²) in [6.07, 6.45) is 0. The molecule has 0 aromatic carbocycles. The third kappa shape index (κ3) is 25.1. The van der Waals surface area contributed by atoms with Crippen molar-refractivity contribution in [1.82, 2.24) is 6.15 Å². The SMILES string of the molecule is B.N.[Fe].[Fe].[Nd].[Sm]. The predicted molar refractivity (Wildman–Crippen MR) is 15.0 cm³/mol. The van der Waals surface area contributed by atoms with E-state index in [0.29, 0.717) is 0 Å². The minimum atomic E-state index is 0. The van der Waals surface area contributed by atoms with Crippen LogP contribution in [0.25, 0.3) is 0 Å². The van der Waals surface area contributed by atoms with Gasteiger partial charge in [-0.3, -0.25) is 0 Å². The van der Waals surface area contributed by atoms with Crippen LogP contribution in [0.1, 0.15) is 0 Å². The molecule has 0 aliphatic rings. The maximum absolute atomic E-state index is 0. The van der Waals surface area contributed by atoms with E-state index < -0.39 is 0 Å². The fraction of sp³-hybridized carbons (Fsp3) is 0. The smallest absolute Gasteiger partial charge is 0.0814 e. The summed E-state index contributed by atoms with van der Waals surface area (Å²) in [5, 5.41) is 0. The summed E-state index contributed by atoms with van der Waals surface area (Å²) in [5.41, 5.74) is 0. The van der Waals surface area contributed by atoms with Gasteiger partial charge in [0.15, 0.2) is 0 Å². The van der Waals surface area contributed by atoms with E-state index in [-0.39, 0.29) is 130 Å². The van der Waals surface area contributed by atoms with Gasteiger partial charge in [-0.05, 0) is 0 Å². The van der Waals surface area contributed by atoms with Gasteiger partial charge in [0, 0.05) is 115 Å². The van der Waals surface area contributed by atoms with E-state index in [0.717, 1.165) is 0 Å². The van der Waals surface area contributed by atoms with Crippen molar-refractivity contribution in [3.8, 4) is 0 Å². The molecule has 0 radical (unpaired) electrons. The minimum absolute atomic E-state index is 0. The maximum atomic E-state index is 0. The molecule has 0 fully saturated rings. The summed E-state index contributed by atoms with van der Waals surface area (Å²) >= 11 is 0. The first-order valence-electron chi connectivity index (χ1n) is 0. The van der Waals surface area contributed by atoms with Gasteiger partial charge in [0.25, 0.3) is 0 Å². The Morgan fingerprint density at radius 3 is 0.833 bits per heavy atom. The van der Waals surface area contributed by atoms with Crippen molar-refractivity contribution in [2.24, 2.45) is 0 Å². The van der Waals surface area contributed by atoms with Gasteiger partial charge in [-0.25, -0.2) is 0 Å². The van der Waals surface area contributed by atoms with Gasteiger partial charge in [0.1, 0.15) is 0 Å². The Hall–Kier alpha value is 3.75. The molecular weight excluding hydrogens is 431 g/mol. The van der Waals surface area contributed by atoms with E-state index in [2.05, 4.69) is 0 Å². The molecule has 40 valence electrons. The molecule has 0 spiro atoms. The van der Waals surface area contributed by atoms with Gasteiger partial charge in [-0.1, -0.05) is 0 Å². The predicted octanol–water partition coefficient (Wildman–Crippen LogP) is -1.03. The summed E-state index contributed by atoms with van der Waals surface area (Å²) in [4.78, 5) is 0. The van der Waals surface area contributed by atoms with E-state index in [4.69, 9.17) is 0 Å². The second-order valence-electron chi connectivity index (χ2n) is 0. The molecule has 3 N–H and O–H groups in total.